The Balaban J connectivity index is 2.17. The van der Waals surface area contributed by atoms with Crippen LogP contribution in [0.1, 0.15) is 141 Å². The highest BCUT2D eigenvalue weighted by atomic mass is 32.2. The Kier molecular flexibility index (Phi) is 23.8. The van der Waals surface area contributed by atoms with Gasteiger partial charge >= 0.3 is 0 Å². The van der Waals surface area contributed by atoms with Crippen molar-refractivity contribution < 1.29 is 4.79 Å². The highest BCUT2D eigenvalue weighted by Crippen LogP contribution is 2.26. The molecule has 0 aliphatic carbocycles. The van der Waals surface area contributed by atoms with Gasteiger partial charge in [-0.25, -0.2) is 0 Å². The number of unbranched alkanes of at least 4 members (excludes halogenated alkanes) is 12. The first kappa shape index (κ1) is 41.9. The highest BCUT2D eigenvalue weighted by molar-refractivity contribution is 8.23. The highest BCUT2D eigenvalue weighted by Gasteiger charge is 2.24. The Labute approximate surface area is 307 Å². The predicted molar refractivity (Wildman–Crippen MR) is 219 cm³/mol. The first-order chi connectivity index (χ1) is 22.9. The lowest BCUT2D eigenvalue weighted by Crippen LogP contribution is -2.32. The number of hydrogen-bond acceptors (Lipinski definition) is 6. The van der Waals surface area contributed by atoms with E-state index in [2.05, 4.69) is 42.5 Å². The number of Topliss-reactive ketones (excluding diaryl/α,β-unsaturated/α-hetero) is 1. The van der Waals surface area contributed by atoms with Gasteiger partial charge in [-0.3, -0.25) is 9.78 Å². The van der Waals surface area contributed by atoms with Crippen molar-refractivity contribution in [3.05, 3.63) is 42.1 Å². The summed E-state index contributed by atoms with van der Waals surface area (Å²) in [6.45, 7) is 13.1. The molecule has 1 aromatic heterocycles. The molecule has 0 aliphatic rings. The molecule has 0 atom stereocenters. The molecule has 0 fully saturated rings. The fourth-order valence-electron chi connectivity index (χ4n) is 5.67. The van der Waals surface area contributed by atoms with Crippen molar-refractivity contribution in [3.8, 4) is 0 Å². The Morgan fingerprint density at radius 2 is 1.09 bits per heavy atom. The number of benzene rings is 1. The summed E-state index contributed by atoms with van der Waals surface area (Å²) in [5.74, 6) is 1.26. The van der Waals surface area contributed by atoms with Gasteiger partial charge in [0.2, 0.25) is 0 Å². The molecule has 0 saturated heterocycles. The minimum absolute atomic E-state index is 0.142. The molecular formula is C39H63N3OS4. The summed E-state index contributed by atoms with van der Waals surface area (Å²) in [5.41, 5.74) is 1.59. The van der Waals surface area contributed by atoms with Gasteiger partial charge < -0.3 is 9.80 Å². The van der Waals surface area contributed by atoms with Gasteiger partial charge in [-0.15, -0.1) is 0 Å². The van der Waals surface area contributed by atoms with Crippen LogP contribution in [0, 0.1) is 5.92 Å². The number of thiocarbonyl (C=S) groups is 2. The van der Waals surface area contributed by atoms with Crippen LogP contribution in [0.2, 0.25) is 0 Å². The number of ketones is 1. The predicted octanol–water partition coefficient (Wildman–Crippen LogP) is 12.0. The lowest BCUT2D eigenvalue weighted by molar-refractivity contribution is 0.0944. The van der Waals surface area contributed by atoms with Crippen molar-refractivity contribution in [2.45, 2.75) is 130 Å². The van der Waals surface area contributed by atoms with Gasteiger partial charge in [0.25, 0.3) is 0 Å². The molecule has 0 radical (unpaired) electrons. The number of carbonyl (C=O) groups is 1. The molecule has 4 nitrogen and oxygen atoms in total. The van der Waals surface area contributed by atoms with Crippen LogP contribution in [0.4, 0.5) is 0 Å². The van der Waals surface area contributed by atoms with E-state index in [9.17, 15) is 4.79 Å². The maximum absolute atomic E-state index is 14.1. The van der Waals surface area contributed by atoms with E-state index < -0.39 is 0 Å². The van der Waals surface area contributed by atoms with E-state index >= 15 is 0 Å². The van der Waals surface area contributed by atoms with E-state index in [1.54, 1.807) is 29.7 Å². The van der Waals surface area contributed by atoms with Crippen molar-refractivity contribution in [1.82, 2.24) is 14.8 Å². The molecule has 2 rings (SSSR count). The van der Waals surface area contributed by atoms with E-state index in [1.165, 1.54) is 103 Å². The van der Waals surface area contributed by atoms with Crippen LogP contribution in [0.15, 0.2) is 36.5 Å². The maximum atomic E-state index is 14.1. The molecule has 1 heterocycles. The number of para-hydroxylation sites is 1. The topological polar surface area (TPSA) is 36.4 Å². The minimum atomic E-state index is -0.201. The number of fused-ring (bicyclic) bond motifs is 1. The average molecular weight is 718 g/mol. The third-order valence-corrected chi connectivity index (χ3v) is 12.1. The van der Waals surface area contributed by atoms with E-state index in [0.717, 1.165) is 45.7 Å². The Bertz CT molecular complexity index is 1090. The SMILES string of the molecule is CCCCCCN(CCCCCC)C(=S)SCC(CSC(=S)N(CCCCCC)CCCCCC)C(=O)c1cnc2ccccc2c1. The second-order valence-electron chi connectivity index (χ2n) is 12.8. The maximum Gasteiger partial charge on any atom is 0.169 e. The smallest absolute Gasteiger partial charge is 0.169 e. The van der Waals surface area contributed by atoms with Crippen LogP contribution in [-0.2, 0) is 0 Å². The monoisotopic (exact) mass is 717 g/mol. The molecule has 8 heteroatoms. The number of nitrogens with zero attached hydrogens (tertiary/aromatic N) is 3. The fourth-order valence-corrected chi connectivity index (χ4v) is 8.55. The molecule has 0 spiro atoms. The van der Waals surface area contributed by atoms with E-state index in [1.807, 2.05) is 30.3 Å². The van der Waals surface area contributed by atoms with E-state index in [-0.39, 0.29) is 11.7 Å². The van der Waals surface area contributed by atoms with Crippen molar-refractivity contribution in [3.63, 3.8) is 0 Å². The van der Waals surface area contributed by atoms with Crippen LogP contribution in [-0.4, -0.2) is 66.9 Å². The molecular weight excluding hydrogens is 655 g/mol. The molecule has 0 unspecified atom stereocenters. The summed E-state index contributed by atoms with van der Waals surface area (Å²) in [6, 6.07) is 10.0. The van der Waals surface area contributed by atoms with Crippen molar-refractivity contribution >= 4 is 73.3 Å². The summed E-state index contributed by atoms with van der Waals surface area (Å²) in [6.07, 6.45) is 21.4. The Morgan fingerprint density at radius 1 is 0.660 bits per heavy atom. The molecule has 0 aliphatic heterocycles. The number of rotatable bonds is 26. The van der Waals surface area contributed by atoms with Crippen LogP contribution >= 0.6 is 48.0 Å². The summed E-state index contributed by atoms with van der Waals surface area (Å²) >= 11 is 15.5. The summed E-state index contributed by atoms with van der Waals surface area (Å²) in [5, 5.41) is 0.999. The first-order valence-electron chi connectivity index (χ1n) is 18.7. The largest absolute Gasteiger partial charge is 0.358 e. The number of aromatic nitrogens is 1. The van der Waals surface area contributed by atoms with Gasteiger partial charge in [0.05, 0.1) is 5.52 Å². The number of hydrogen-bond donors (Lipinski definition) is 0. The fraction of sp³-hybridized carbons (Fsp3) is 0.692. The molecule has 0 amide bonds. The van der Waals surface area contributed by atoms with Crippen LogP contribution in [0.3, 0.4) is 0 Å². The number of thioether (sulfide) groups is 2. The van der Waals surface area contributed by atoms with E-state index in [4.69, 9.17) is 24.4 Å². The van der Waals surface area contributed by atoms with Gasteiger partial charge in [-0.2, -0.15) is 0 Å². The van der Waals surface area contributed by atoms with Gasteiger partial charge in [0.1, 0.15) is 8.64 Å². The molecule has 47 heavy (non-hydrogen) atoms. The summed E-state index contributed by atoms with van der Waals surface area (Å²) < 4.78 is 1.88. The zero-order chi connectivity index (χ0) is 34.1. The minimum Gasteiger partial charge on any atom is -0.358 e. The van der Waals surface area contributed by atoms with Crippen LogP contribution in [0.25, 0.3) is 10.9 Å². The zero-order valence-corrected chi connectivity index (χ0v) is 33.2. The van der Waals surface area contributed by atoms with Gasteiger partial charge in [-0.1, -0.05) is 171 Å². The van der Waals surface area contributed by atoms with Gasteiger partial charge in [-0.05, 0) is 37.8 Å². The molecule has 2 aromatic rings. The molecule has 0 bridgehead atoms. The first-order valence-corrected chi connectivity index (χ1v) is 21.5. The third kappa shape index (κ3) is 17.3. The quantitative estimate of drug-likeness (QED) is 0.0541. The number of pyridine rings is 1. The van der Waals surface area contributed by atoms with Crippen molar-refractivity contribution in [1.29, 1.82) is 0 Å². The molecule has 1 aromatic carbocycles. The summed E-state index contributed by atoms with van der Waals surface area (Å²) in [4.78, 5) is 23.6. The van der Waals surface area contributed by atoms with Crippen molar-refractivity contribution in [2.75, 3.05) is 37.7 Å². The van der Waals surface area contributed by atoms with Crippen LogP contribution < -0.4 is 0 Å². The number of carbonyl (C=O) groups excluding carboxylic acids is 1. The van der Waals surface area contributed by atoms with Crippen LogP contribution in [0.5, 0.6) is 0 Å². The lowest BCUT2D eigenvalue weighted by Gasteiger charge is -2.27. The normalized spacial score (nSPS) is 11.3. The van der Waals surface area contributed by atoms with E-state index in [0.29, 0.717) is 17.1 Å². The van der Waals surface area contributed by atoms with Crippen molar-refractivity contribution in [2.24, 2.45) is 5.92 Å². The Hall–Kier alpha value is -1.22. The average Bonchev–Trinajstić information content (AvgIpc) is 3.09. The summed E-state index contributed by atoms with van der Waals surface area (Å²) in [7, 11) is 0. The second kappa shape index (κ2) is 26.6. The Morgan fingerprint density at radius 3 is 1.51 bits per heavy atom. The lowest BCUT2D eigenvalue weighted by atomic mass is 10.0. The zero-order valence-electron chi connectivity index (χ0n) is 30.0. The molecule has 0 saturated carbocycles. The van der Waals surface area contributed by atoms with Gasteiger partial charge in [0, 0.05) is 60.7 Å². The standard InChI is InChI=1S/C39H63N3OS4/c1-5-9-13-19-25-41(26-20-14-10-6-2)38(44)46-31-35(37(43)34-29-33-23-17-18-24-36(33)40-30-34)32-47-39(45)42(27-21-15-11-7-3)28-22-16-12-8-4/h17-18,23-24,29-30,35H,5-16,19-22,25-28,31-32H2,1-4H3. The molecule has 0 N–H and O–H groups in total. The second-order valence-corrected chi connectivity index (χ2v) is 16.2. The molecule has 264 valence electrons. The van der Waals surface area contributed by atoms with Gasteiger partial charge in [0.15, 0.2) is 5.78 Å². The third-order valence-electron chi connectivity index (χ3n) is 8.70.